The van der Waals surface area contributed by atoms with Gasteiger partial charge in [-0.15, -0.1) is 0 Å². The van der Waals surface area contributed by atoms with Gasteiger partial charge in [0.25, 0.3) is 0 Å². The third-order valence-corrected chi connectivity index (χ3v) is 3.32. The van der Waals surface area contributed by atoms with Crippen LogP contribution in [0.1, 0.15) is 25.1 Å². The van der Waals surface area contributed by atoms with E-state index in [1.54, 1.807) is 12.1 Å². The van der Waals surface area contributed by atoms with Crippen LogP contribution < -0.4 is 0 Å². The van der Waals surface area contributed by atoms with Gasteiger partial charge in [0.2, 0.25) is 0 Å². The Morgan fingerprint density at radius 1 is 1.59 bits per heavy atom. The summed E-state index contributed by atoms with van der Waals surface area (Å²) in [5, 5.41) is 19.9. The summed E-state index contributed by atoms with van der Waals surface area (Å²) in [4.78, 5) is 14.6. The van der Waals surface area contributed by atoms with Crippen molar-refractivity contribution in [2.45, 2.75) is 25.6 Å². The molecule has 0 saturated carbocycles. The van der Waals surface area contributed by atoms with E-state index >= 15 is 0 Å². The van der Waals surface area contributed by atoms with Crippen LogP contribution in [-0.4, -0.2) is 32.2 Å². The molecule has 2 N–H and O–H groups in total. The van der Waals surface area contributed by atoms with Crippen molar-refractivity contribution in [1.29, 1.82) is 0 Å². The Balaban J connectivity index is 2.55. The SMILES string of the molecule is CC(=O)SCCC(O)C(O)c1ncccc1Cl. The van der Waals surface area contributed by atoms with Gasteiger partial charge in [-0.3, -0.25) is 9.78 Å². The summed E-state index contributed by atoms with van der Waals surface area (Å²) in [6, 6.07) is 3.25. The zero-order chi connectivity index (χ0) is 12.8. The molecule has 0 spiro atoms. The molecule has 2 unspecified atom stereocenters. The van der Waals surface area contributed by atoms with E-state index < -0.39 is 12.2 Å². The number of thioether (sulfide) groups is 1. The minimum atomic E-state index is -1.13. The molecule has 1 aromatic heterocycles. The fourth-order valence-electron chi connectivity index (χ4n) is 1.28. The van der Waals surface area contributed by atoms with E-state index in [1.165, 1.54) is 13.1 Å². The number of carbonyl (C=O) groups is 1. The molecule has 0 radical (unpaired) electrons. The second-order valence-corrected chi connectivity index (χ2v) is 5.19. The van der Waals surface area contributed by atoms with Crippen LogP contribution in [0.15, 0.2) is 18.3 Å². The molecule has 1 heterocycles. The summed E-state index contributed by atoms with van der Waals surface area (Å²) < 4.78 is 0. The third-order valence-electron chi connectivity index (χ3n) is 2.15. The molecule has 0 aliphatic carbocycles. The van der Waals surface area contributed by atoms with Crippen molar-refractivity contribution in [1.82, 2.24) is 4.98 Å². The largest absolute Gasteiger partial charge is 0.390 e. The van der Waals surface area contributed by atoms with Crippen molar-refractivity contribution in [2.75, 3.05) is 5.75 Å². The average molecular weight is 276 g/mol. The lowest BCUT2D eigenvalue weighted by molar-refractivity contribution is -0.109. The van der Waals surface area contributed by atoms with Gasteiger partial charge in [0.05, 0.1) is 16.8 Å². The fourth-order valence-corrected chi connectivity index (χ4v) is 2.16. The number of aliphatic hydroxyl groups is 2. The van der Waals surface area contributed by atoms with Gasteiger partial charge < -0.3 is 10.2 Å². The summed E-state index contributed by atoms with van der Waals surface area (Å²) in [7, 11) is 0. The first kappa shape index (κ1) is 14.4. The molecule has 0 aromatic carbocycles. The zero-order valence-electron chi connectivity index (χ0n) is 9.34. The van der Waals surface area contributed by atoms with E-state index in [-0.39, 0.29) is 10.8 Å². The zero-order valence-corrected chi connectivity index (χ0v) is 10.9. The van der Waals surface area contributed by atoms with Gasteiger partial charge in [0, 0.05) is 18.9 Å². The standard InChI is InChI=1S/C11H14ClNO3S/c1-7(14)17-6-4-9(15)11(16)10-8(12)3-2-5-13-10/h2-3,5,9,11,15-16H,4,6H2,1H3. The highest BCUT2D eigenvalue weighted by Crippen LogP contribution is 2.24. The van der Waals surface area contributed by atoms with Crippen LogP contribution in [0, 0.1) is 0 Å². The Kier molecular flexibility index (Phi) is 5.91. The Morgan fingerprint density at radius 3 is 2.88 bits per heavy atom. The maximum atomic E-state index is 10.7. The van der Waals surface area contributed by atoms with E-state index in [0.29, 0.717) is 17.2 Å². The van der Waals surface area contributed by atoms with E-state index in [0.717, 1.165) is 11.8 Å². The number of nitrogens with zero attached hydrogens (tertiary/aromatic N) is 1. The van der Waals surface area contributed by atoms with Crippen LogP contribution in [0.3, 0.4) is 0 Å². The third kappa shape index (κ3) is 4.63. The van der Waals surface area contributed by atoms with E-state index in [4.69, 9.17) is 11.6 Å². The number of aromatic nitrogens is 1. The number of hydrogen-bond acceptors (Lipinski definition) is 5. The first-order valence-electron chi connectivity index (χ1n) is 5.12. The van der Waals surface area contributed by atoms with E-state index in [1.807, 2.05) is 0 Å². The van der Waals surface area contributed by atoms with Crippen molar-refractivity contribution < 1.29 is 15.0 Å². The molecule has 2 atom stereocenters. The summed E-state index contributed by atoms with van der Waals surface area (Å²) in [5.41, 5.74) is 0.259. The molecule has 1 aromatic rings. The highest BCUT2D eigenvalue weighted by Gasteiger charge is 2.21. The van der Waals surface area contributed by atoms with Crippen LogP contribution in [-0.2, 0) is 4.79 Å². The molecule has 6 heteroatoms. The van der Waals surface area contributed by atoms with Gasteiger partial charge in [-0.1, -0.05) is 23.4 Å². The highest BCUT2D eigenvalue weighted by molar-refractivity contribution is 8.13. The number of rotatable bonds is 5. The van der Waals surface area contributed by atoms with Gasteiger partial charge in [-0.05, 0) is 18.6 Å². The molecular formula is C11H14ClNO3S. The Hall–Kier alpha value is -0.620. The molecule has 17 heavy (non-hydrogen) atoms. The van der Waals surface area contributed by atoms with Gasteiger partial charge in [-0.2, -0.15) is 0 Å². The average Bonchev–Trinajstić information content (AvgIpc) is 2.28. The quantitative estimate of drug-likeness (QED) is 0.857. The van der Waals surface area contributed by atoms with Gasteiger partial charge in [0.1, 0.15) is 6.10 Å². The number of aliphatic hydroxyl groups excluding tert-OH is 2. The van der Waals surface area contributed by atoms with Crippen molar-refractivity contribution in [3.63, 3.8) is 0 Å². The maximum absolute atomic E-state index is 10.7. The van der Waals surface area contributed by atoms with Crippen LogP contribution in [0.5, 0.6) is 0 Å². The van der Waals surface area contributed by atoms with E-state index in [9.17, 15) is 15.0 Å². The van der Waals surface area contributed by atoms with Crippen LogP contribution in [0.2, 0.25) is 5.02 Å². The molecule has 0 amide bonds. The summed E-state index contributed by atoms with van der Waals surface area (Å²) >= 11 is 6.97. The minimum Gasteiger partial charge on any atom is -0.390 e. The first-order chi connectivity index (χ1) is 8.02. The minimum absolute atomic E-state index is 0.0115. The van der Waals surface area contributed by atoms with Gasteiger partial charge in [-0.25, -0.2) is 0 Å². The first-order valence-corrected chi connectivity index (χ1v) is 6.48. The van der Waals surface area contributed by atoms with Crippen LogP contribution in [0.25, 0.3) is 0 Å². The Labute approximate surface area is 109 Å². The monoisotopic (exact) mass is 275 g/mol. The van der Waals surface area contributed by atoms with Crippen molar-refractivity contribution >= 4 is 28.5 Å². The molecule has 1 rings (SSSR count). The molecule has 0 aliphatic heterocycles. The van der Waals surface area contributed by atoms with Gasteiger partial charge in [0.15, 0.2) is 5.12 Å². The predicted molar refractivity (Wildman–Crippen MR) is 68.0 cm³/mol. The molecule has 0 saturated heterocycles. The molecular weight excluding hydrogens is 262 g/mol. The summed E-state index contributed by atoms with van der Waals surface area (Å²) in [6.07, 6.45) is -0.301. The number of halogens is 1. The number of carbonyl (C=O) groups excluding carboxylic acids is 1. The van der Waals surface area contributed by atoms with Crippen molar-refractivity contribution in [3.05, 3.63) is 29.0 Å². The lowest BCUT2D eigenvalue weighted by Crippen LogP contribution is -2.20. The van der Waals surface area contributed by atoms with Crippen LogP contribution in [0.4, 0.5) is 0 Å². The van der Waals surface area contributed by atoms with E-state index in [2.05, 4.69) is 4.98 Å². The van der Waals surface area contributed by atoms with Crippen molar-refractivity contribution in [3.8, 4) is 0 Å². The number of hydrogen-bond donors (Lipinski definition) is 2. The normalized spacial score (nSPS) is 14.4. The Bertz CT molecular complexity index is 389. The van der Waals surface area contributed by atoms with Crippen molar-refractivity contribution in [2.24, 2.45) is 0 Å². The molecule has 0 fully saturated rings. The second kappa shape index (κ2) is 6.96. The molecule has 0 aliphatic rings. The second-order valence-electron chi connectivity index (χ2n) is 3.51. The smallest absolute Gasteiger partial charge is 0.185 e. The summed E-state index contributed by atoms with van der Waals surface area (Å²) in [6.45, 7) is 1.46. The molecule has 4 nitrogen and oxygen atoms in total. The highest BCUT2D eigenvalue weighted by atomic mass is 35.5. The topological polar surface area (TPSA) is 70.4 Å². The number of pyridine rings is 1. The lowest BCUT2D eigenvalue weighted by Gasteiger charge is -2.17. The molecule has 0 bridgehead atoms. The van der Waals surface area contributed by atoms with Crippen LogP contribution >= 0.6 is 23.4 Å². The fraction of sp³-hybridized carbons (Fsp3) is 0.455. The summed E-state index contributed by atoms with van der Waals surface area (Å²) in [5.74, 6) is 0.456. The maximum Gasteiger partial charge on any atom is 0.185 e. The van der Waals surface area contributed by atoms with Gasteiger partial charge >= 0.3 is 0 Å². The lowest BCUT2D eigenvalue weighted by atomic mass is 10.1. The predicted octanol–water partition coefficient (Wildman–Crippen LogP) is 1.80. The molecule has 94 valence electrons. The Morgan fingerprint density at radius 2 is 2.29 bits per heavy atom.